The first-order valence-corrected chi connectivity index (χ1v) is 6.63. The van der Waals surface area contributed by atoms with E-state index in [1.165, 1.54) is 19.2 Å². The quantitative estimate of drug-likeness (QED) is 0.828. The third kappa shape index (κ3) is 5.25. The van der Waals surface area contributed by atoms with E-state index in [1.807, 2.05) is 0 Å². The number of pyridine rings is 1. The summed E-state index contributed by atoms with van der Waals surface area (Å²) in [5.41, 5.74) is 0.673. The predicted molar refractivity (Wildman–Crippen MR) is 87.9 cm³/mol. The Hall–Kier alpha value is -1.70. The molecule has 2 aromatic heterocycles. The van der Waals surface area contributed by atoms with Gasteiger partial charge in [0.25, 0.3) is 0 Å². The van der Waals surface area contributed by atoms with Gasteiger partial charge in [-0.3, -0.25) is 4.79 Å². The van der Waals surface area contributed by atoms with Crippen LogP contribution in [0.2, 0.25) is 0 Å². The Morgan fingerprint density at radius 3 is 2.73 bits per heavy atom. The Morgan fingerprint density at radius 1 is 1.32 bits per heavy atom. The average Bonchev–Trinajstić information content (AvgIpc) is 3.11. The third-order valence-electron chi connectivity index (χ3n) is 3.10. The molecule has 1 fully saturated rings. The van der Waals surface area contributed by atoms with Crippen LogP contribution in [0.1, 0.15) is 12.8 Å². The summed E-state index contributed by atoms with van der Waals surface area (Å²) >= 11 is 0. The standard InChI is InChI=1S/C13H16N6O.2ClH/c20-13(7-14-5-10-1-2-10)18-11-3-4-12(16-6-11)19-9-15-8-17-19;;/h3-4,6,8-10,14H,1-2,5,7H2,(H,18,20);2*1H. The Balaban J connectivity index is 0.00000121. The number of hydrogen-bond acceptors (Lipinski definition) is 5. The molecule has 3 rings (SSSR count). The molecule has 1 amide bonds. The molecule has 120 valence electrons. The maximum absolute atomic E-state index is 11.7. The van der Waals surface area contributed by atoms with E-state index in [2.05, 4.69) is 25.7 Å². The molecule has 2 aromatic rings. The lowest BCUT2D eigenvalue weighted by atomic mass is 10.4. The fourth-order valence-corrected chi connectivity index (χ4v) is 1.84. The van der Waals surface area contributed by atoms with Gasteiger partial charge < -0.3 is 10.6 Å². The second-order valence-corrected chi connectivity index (χ2v) is 4.87. The molecule has 1 saturated carbocycles. The maximum Gasteiger partial charge on any atom is 0.238 e. The highest BCUT2D eigenvalue weighted by Crippen LogP contribution is 2.27. The van der Waals surface area contributed by atoms with Crippen LogP contribution in [0.3, 0.4) is 0 Å². The van der Waals surface area contributed by atoms with Crippen molar-refractivity contribution in [3.8, 4) is 5.82 Å². The van der Waals surface area contributed by atoms with Crippen LogP contribution in [0.15, 0.2) is 31.0 Å². The Bertz CT molecular complexity index is 571. The molecule has 1 aliphatic carbocycles. The normalized spacial score (nSPS) is 12.9. The first-order valence-electron chi connectivity index (χ1n) is 6.63. The number of carbonyl (C=O) groups is 1. The highest BCUT2D eigenvalue weighted by Gasteiger charge is 2.20. The largest absolute Gasteiger partial charge is 0.324 e. The highest BCUT2D eigenvalue weighted by molar-refractivity contribution is 5.92. The van der Waals surface area contributed by atoms with Crippen molar-refractivity contribution in [3.05, 3.63) is 31.0 Å². The van der Waals surface area contributed by atoms with Crippen LogP contribution in [-0.2, 0) is 4.79 Å². The van der Waals surface area contributed by atoms with Gasteiger partial charge in [0, 0.05) is 0 Å². The second-order valence-electron chi connectivity index (χ2n) is 4.87. The lowest BCUT2D eigenvalue weighted by Crippen LogP contribution is -2.29. The summed E-state index contributed by atoms with van der Waals surface area (Å²) in [6.07, 6.45) is 7.19. The summed E-state index contributed by atoms with van der Waals surface area (Å²) in [5, 5.41) is 9.93. The number of carbonyl (C=O) groups excluding carboxylic acids is 1. The molecule has 2 heterocycles. The Morgan fingerprint density at radius 2 is 2.14 bits per heavy atom. The molecule has 2 N–H and O–H groups in total. The topological polar surface area (TPSA) is 84.7 Å². The van der Waals surface area contributed by atoms with Gasteiger partial charge in [0.1, 0.15) is 12.7 Å². The first-order chi connectivity index (χ1) is 9.81. The van der Waals surface area contributed by atoms with Crippen molar-refractivity contribution in [2.45, 2.75) is 12.8 Å². The molecule has 0 saturated heterocycles. The number of nitrogens with one attached hydrogen (secondary N) is 2. The zero-order chi connectivity index (χ0) is 13.8. The lowest BCUT2D eigenvalue weighted by Gasteiger charge is -2.06. The van der Waals surface area contributed by atoms with Crippen LogP contribution in [-0.4, -0.2) is 38.7 Å². The SMILES string of the molecule is Cl.Cl.O=C(CNCC1CC1)Nc1ccc(-n2cncn2)nc1. The molecule has 0 unspecified atom stereocenters. The van der Waals surface area contributed by atoms with Crippen LogP contribution in [0, 0.1) is 5.92 Å². The van der Waals surface area contributed by atoms with Crippen LogP contribution in [0.5, 0.6) is 0 Å². The van der Waals surface area contributed by atoms with Gasteiger partial charge in [0.05, 0.1) is 18.4 Å². The molecule has 0 aliphatic heterocycles. The van der Waals surface area contributed by atoms with E-state index in [0.29, 0.717) is 18.1 Å². The molecule has 1 aliphatic rings. The van der Waals surface area contributed by atoms with Gasteiger partial charge in [0.2, 0.25) is 5.91 Å². The van der Waals surface area contributed by atoms with E-state index in [-0.39, 0.29) is 30.7 Å². The van der Waals surface area contributed by atoms with Crippen molar-refractivity contribution in [1.82, 2.24) is 25.1 Å². The van der Waals surface area contributed by atoms with Crippen LogP contribution in [0.4, 0.5) is 5.69 Å². The fourth-order valence-electron chi connectivity index (χ4n) is 1.84. The first kappa shape index (κ1) is 18.3. The number of hydrogen-bond donors (Lipinski definition) is 2. The van der Waals surface area contributed by atoms with Crippen molar-refractivity contribution >= 4 is 36.4 Å². The highest BCUT2D eigenvalue weighted by atomic mass is 35.5. The van der Waals surface area contributed by atoms with E-state index in [1.54, 1.807) is 29.3 Å². The van der Waals surface area contributed by atoms with E-state index < -0.39 is 0 Å². The van der Waals surface area contributed by atoms with Crippen LogP contribution in [0.25, 0.3) is 5.82 Å². The summed E-state index contributed by atoms with van der Waals surface area (Å²) in [5.74, 6) is 1.37. The molecule has 22 heavy (non-hydrogen) atoms. The molecule has 0 bridgehead atoms. The predicted octanol–water partition coefficient (Wildman–Crippen LogP) is 1.44. The van der Waals surface area contributed by atoms with Gasteiger partial charge >= 0.3 is 0 Å². The minimum atomic E-state index is -0.0547. The van der Waals surface area contributed by atoms with Gasteiger partial charge in [-0.25, -0.2) is 14.6 Å². The number of amides is 1. The lowest BCUT2D eigenvalue weighted by molar-refractivity contribution is -0.115. The average molecular weight is 345 g/mol. The van der Waals surface area contributed by atoms with E-state index in [4.69, 9.17) is 0 Å². The third-order valence-corrected chi connectivity index (χ3v) is 3.10. The van der Waals surface area contributed by atoms with Gasteiger partial charge in [-0.1, -0.05) is 0 Å². The van der Waals surface area contributed by atoms with Crippen molar-refractivity contribution in [3.63, 3.8) is 0 Å². The van der Waals surface area contributed by atoms with E-state index in [9.17, 15) is 4.79 Å². The van der Waals surface area contributed by atoms with Gasteiger partial charge in [-0.15, -0.1) is 24.8 Å². The van der Waals surface area contributed by atoms with E-state index >= 15 is 0 Å². The van der Waals surface area contributed by atoms with Crippen molar-refractivity contribution in [1.29, 1.82) is 0 Å². The summed E-state index contributed by atoms with van der Waals surface area (Å²) in [7, 11) is 0. The number of nitrogens with zero attached hydrogens (tertiary/aromatic N) is 4. The molecule has 0 spiro atoms. The van der Waals surface area contributed by atoms with Crippen LogP contribution < -0.4 is 10.6 Å². The molecule has 0 atom stereocenters. The molecule has 9 heteroatoms. The van der Waals surface area contributed by atoms with Gasteiger partial charge in [0.15, 0.2) is 5.82 Å². The van der Waals surface area contributed by atoms with Crippen LogP contribution >= 0.6 is 24.8 Å². The van der Waals surface area contributed by atoms with Gasteiger partial charge in [-0.05, 0) is 37.4 Å². The minimum absolute atomic E-state index is 0. The fraction of sp³-hybridized carbons (Fsp3) is 0.385. The number of anilines is 1. The van der Waals surface area contributed by atoms with Gasteiger partial charge in [-0.2, -0.15) is 5.10 Å². The number of rotatable bonds is 6. The molecular formula is C13H18Cl2N6O. The van der Waals surface area contributed by atoms with Crippen molar-refractivity contribution < 1.29 is 4.79 Å². The zero-order valence-electron chi connectivity index (χ0n) is 11.8. The molecule has 0 radical (unpaired) electrons. The maximum atomic E-state index is 11.7. The van der Waals surface area contributed by atoms with Crippen molar-refractivity contribution in [2.24, 2.45) is 5.92 Å². The summed E-state index contributed by atoms with van der Waals surface area (Å²) in [6, 6.07) is 3.57. The van der Waals surface area contributed by atoms with E-state index in [0.717, 1.165) is 12.5 Å². The summed E-state index contributed by atoms with van der Waals surface area (Å²) < 4.78 is 1.56. The summed E-state index contributed by atoms with van der Waals surface area (Å²) in [4.78, 5) is 19.8. The number of halogens is 2. The molecule has 0 aromatic carbocycles. The molecular weight excluding hydrogens is 327 g/mol. The Kier molecular flexibility index (Phi) is 7.23. The molecule has 7 nitrogen and oxygen atoms in total. The van der Waals surface area contributed by atoms with Crippen molar-refractivity contribution in [2.75, 3.05) is 18.4 Å². The number of aromatic nitrogens is 4. The second kappa shape index (κ2) is 8.67. The smallest absolute Gasteiger partial charge is 0.238 e. The minimum Gasteiger partial charge on any atom is -0.324 e. The summed E-state index contributed by atoms with van der Waals surface area (Å²) in [6.45, 7) is 1.26. The monoisotopic (exact) mass is 344 g/mol. The zero-order valence-corrected chi connectivity index (χ0v) is 13.4. The Labute approximate surface area is 140 Å².